The van der Waals surface area contributed by atoms with Gasteiger partial charge < -0.3 is 15.2 Å². The lowest BCUT2D eigenvalue weighted by Gasteiger charge is -2.06. The average Bonchev–Trinajstić information content (AvgIpc) is 3.08. The largest absolute Gasteiger partial charge is 0.497 e. The predicted molar refractivity (Wildman–Crippen MR) is 95.7 cm³/mol. The Morgan fingerprint density at radius 1 is 1.15 bits per heavy atom. The van der Waals surface area contributed by atoms with Crippen LogP contribution in [0, 0.1) is 0 Å². The van der Waals surface area contributed by atoms with Crippen LogP contribution in [0.15, 0.2) is 60.9 Å². The summed E-state index contributed by atoms with van der Waals surface area (Å²) in [5, 5.41) is 16.1. The quantitative estimate of drug-likeness (QED) is 0.712. The first-order chi connectivity index (χ1) is 12.6. The number of carboxylic acids is 1. The lowest BCUT2D eigenvalue weighted by molar-refractivity contribution is 0.0692. The molecule has 1 amide bonds. The van der Waals surface area contributed by atoms with Crippen molar-refractivity contribution in [2.45, 2.75) is 6.54 Å². The van der Waals surface area contributed by atoms with E-state index in [4.69, 9.17) is 4.74 Å². The van der Waals surface area contributed by atoms with Crippen molar-refractivity contribution in [3.8, 4) is 5.75 Å². The first-order valence-electron chi connectivity index (χ1n) is 7.86. The summed E-state index contributed by atoms with van der Waals surface area (Å²) in [5.41, 5.74) is 1.54. The standard InChI is InChI=1S/C19H17N3O4/c1-26-15-6-4-5-13(9-15)11-22-12-14(10-20-22)21-18(23)16-7-2-3-8-17(16)19(24)25/h2-10,12H,11H2,1H3,(H,21,23)(H,24,25). The Morgan fingerprint density at radius 2 is 1.92 bits per heavy atom. The minimum Gasteiger partial charge on any atom is -0.497 e. The smallest absolute Gasteiger partial charge is 0.336 e. The summed E-state index contributed by atoms with van der Waals surface area (Å²) in [7, 11) is 1.61. The topological polar surface area (TPSA) is 93.5 Å². The molecule has 0 bridgehead atoms. The number of aromatic nitrogens is 2. The van der Waals surface area contributed by atoms with E-state index in [9.17, 15) is 14.7 Å². The molecule has 0 unspecified atom stereocenters. The van der Waals surface area contributed by atoms with Crippen LogP contribution in [-0.4, -0.2) is 33.9 Å². The minimum atomic E-state index is -1.15. The number of hydrogen-bond donors (Lipinski definition) is 2. The van der Waals surface area contributed by atoms with Gasteiger partial charge in [0.1, 0.15) is 5.75 Å². The number of carbonyl (C=O) groups excluding carboxylic acids is 1. The molecule has 3 aromatic rings. The number of nitrogens with one attached hydrogen (secondary N) is 1. The van der Waals surface area contributed by atoms with E-state index in [1.807, 2.05) is 24.3 Å². The number of aromatic carboxylic acids is 1. The monoisotopic (exact) mass is 351 g/mol. The fraction of sp³-hybridized carbons (Fsp3) is 0.105. The van der Waals surface area contributed by atoms with Crippen molar-refractivity contribution < 1.29 is 19.4 Å². The van der Waals surface area contributed by atoms with Crippen molar-refractivity contribution >= 4 is 17.6 Å². The molecule has 2 aromatic carbocycles. The van der Waals surface area contributed by atoms with Crippen LogP contribution in [0.1, 0.15) is 26.3 Å². The van der Waals surface area contributed by atoms with Crippen molar-refractivity contribution in [2.75, 3.05) is 12.4 Å². The molecule has 7 nitrogen and oxygen atoms in total. The molecule has 1 heterocycles. The van der Waals surface area contributed by atoms with Crippen molar-refractivity contribution in [1.29, 1.82) is 0 Å². The van der Waals surface area contributed by atoms with E-state index < -0.39 is 11.9 Å². The molecule has 0 saturated carbocycles. The number of methoxy groups -OCH3 is 1. The molecule has 0 aliphatic carbocycles. The third-order valence-corrected chi connectivity index (χ3v) is 3.77. The highest BCUT2D eigenvalue weighted by Gasteiger charge is 2.16. The maximum atomic E-state index is 12.4. The maximum absolute atomic E-state index is 12.4. The Kier molecular flexibility index (Phi) is 4.98. The van der Waals surface area contributed by atoms with Gasteiger partial charge in [-0.05, 0) is 29.8 Å². The highest BCUT2D eigenvalue weighted by molar-refractivity contribution is 6.10. The van der Waals surface area contributed by atoms with E-state index in [0.29, 0.717) is 12.2 Å². The normalized spacial score (nSPS) is 10.3. The molecule has 0 saturated heterocycles. The van der Waals surface area contributed by atoms with Gasteiger partial charge in [0.25, 0.3) is 5.91 Å². The fourth-order valence-electron chi connectivity index (χ4n) is 2.54. The lowest BCUT2D eigenvalue weighted by atomic mass is 10.1. The van der Waals surface area contributed by atoms with Gasteiger partial charge in [0.2, 0.25) is 0 Å². The second-order valence-electron chi connectivity index (χ2n) is 5.58. The summed E-state index contributed by atoms with van der Waals surface area (Å²) in [6.45, 7) is 0.513. The minimum absolute atomic E-state index is 0.0474. The Bertz CT molecular complexity index is 949. The molecule has 2 N–H and O–H groups in total. The van der Waals surface area contributed by atoms with Gasteiger partial charge in [-0.25, -0.2) is 4.79 Å². The molecular formula is C19H17N3O4. The number of carboxylic acid groups (broad SMARTS) is 1. The van der Waals surface area contributed by atoms with E-state index in [1.165, 1.54) is 18.3 Å². The van der Waals surface area contributed by atoms with E-state index in [0.717, 1.165) is 11.3 Å². The van der Waals surface area contributed by atoms with Crippen LogP contribution in [0.2, 0.25) is 0 Å². The molecule has 0 spiro atoms. The SMILES string of the molecule is COc1cccc(Cn2cc(NC(=O)c3ccccc3C(=O)O)cn2)c1. The molecule has 132 valence electrons. The Hall–Kier alpha value is -3.61. The van der Waals surface area contributed by atoms with Gasteiger partial charge in [-0.2, -0.15) is 5.10 Å². The Morgan fingerprint density at radius 3 is 2.65 bits per heavy atom. The second kappa shape index (κ2) is 7.52. The third kappa shape index (κ3) is 3.89. The van der Waals surface area contributed by atoms with Crippen molar-refractivity contribution in [2.24, 2.45) is 0 Å². The molecular weight excluding hydrogens is 334 g/mol. The lowest BCUT2D eigenvalue weighted by Crippen LogP contribution is -2.16. The molecule has 0 radical (unpaired) electrons. The summed E-state index contributed by atoms with van der Waals surface area (Å²) < 4.78 is 6.87. The summed E-state index contributed by atoms with van der Waals surface area (Å²) in [6, 6.07) is 13.7. The molecule has 3 rings (SSSR count). The van der Waals surface area contributed by atoms with Gasteiger partial charge in [0.05, 0.1) is 36.7 Å². The van der Waals surface area contributed by atoms with Crippen molar-refractivity contribution in [3.63, 3.8) is 0 Å². The number of benzene rings is 2. The molecule has 1 aromatic heterocycles. The van der Waals surface area contributed by atoms with Crippen LogP contribution in [0.5, 0.6) is 5.75 Å². The van der Waals surface area contributed by atoms with Gasteiger partial charge in [-0.3, -0.25) is 9.48 Å². The number of anilines is 1. The summed E-state index contributed by atoms with van der Waals surface area (Å²) in [4.78, 5) is 23.6. The van der Waals surface area contributed by atoms with Crippen molar-refractivity contribution in [3.05, 3.63) is 77.6 Å². The van der Waals surface area contributed by atoms with Gasteiger partial charge >= 0.3 is 5.97 Å². The van der Waals surface area contributed by atoms with Gasteiger partial charge in [-0.15, -0.1) is 0 Å². The summed E-state index contributed by atoms with van der Waals surface area (Å²) in [5.74, 6) is -0.887. The highest BCUT2D eigenvalue weighted by Crippen LogP contribution is 2.16. The molecule has 26 heavy (non-hydrogen) atoms. The number of ether oxygens (including phenoxy) is 1. The van der Waals surface area contributed by atoms with Crippen LogP contribution in [-0.2, 0) is 6.54 Å². The summed E-state index contributed by atoms with van der Waals surface area (Å²) >= 11 is 0. The summed E-state index contributed by atoms with van der Waals surface area (Å²) in [6.07, 6.45) is 3.20. The zero-order chi connectivity index (χ0) is 18.5. The first-order valence-corrected chi connectivity index (χ1v) is 7.86. The third-order valence-electron chi connectivity index (χ3n) is 3.77. The number of nitrogens with zero attached hydrogens (tertiary/aromatic N) is 2. The fourth-order valence-corrected chi connectivity index (χ4v) is 2.54. The maximum Gasteiger partial charge on any atom is 0.336 e. The number of amides is 1. The molecule has 0 aliphatic rings. The molecule has 0 fully saturated rings. The second-order valence-corrected chi connectivity index (χ2v) is 5.58. The highest BCUT2D eigenvalue weighted by atomic mass is 16.5. The van der Waals surface area contributed by atoms with Crippen LogP contribution < -0.4 is 10.1 Å². The van der Waals surface area contributed by atoms with E-state index >= 15 is 0 Å². The van der Waals surface area contributed by atoms with Gasteiger partial charge in [-0.1, -0.05) is 24.3 Å². The predicted octanol–water partition coefficient (Wildman–Crippen LogP) is 2.89. The zero-order valence-electron chi connectivity index (χ0n) is 14.0. The van der Waals surface area contributed by atoms with Gasteiger partial charge in [0.15, 0.2) is 0 Å². The Labute approximate surface area is 149 Å². The zero-order valence-corrected chi connectivity index (χ0v) is 14.0. The van der Waals surface area contributed by atoms with Crippen LogP contribution in [0.3, 0.4) is 0 Å². The Balaban J connectivity index is 1.72. The van der Waals surface area contributed by atoms with Gasteiger partial charge in [0, 0.05) is 6.20 Å². The number of rotatable bonds is 6. The molecule has 0 aliphatic heterocycles. The average molecular weight is 351 g/mol. The van der Waals surface area contributed by atoms with E-state index in [1.54, 1.807) is 30.1 Å². The molecule has 0 atom stereocenters. The van der Waals surface area contributed by atoms with Crippen molar-refractivity contribution in [1.82, 2.24) is 9.78 Å². The number of carbonyl (C=O) groups is 2. The van der Waals surface area contributed by atoms with Crippen LogP contribution >= 0.6 is 0 Å². The first kappa shape index (κ1) is 17.2. The van der Waals surface area contributed by atoms with E-state index in [2.05, 4.69) is 10.4 Å². The number of hydrogen-bond acceptors (Lipinski definition) is 4. The van der Waals surface area contributed by atoms with Crippen LogP contribution in [0.25, 0.3) is 0 Å². The molecule has 7 heteroatoms. The van der Waals surface area contributed by atoms with Crippen LogP contribution in [0.4, 0.5) is 5.69 Å². The van der Waals surface area contributed by atoms with E-state index in [-0.39, 0.29) is 11.1 Å².